The summed E-state index contributed by atoms with van der Waals surface area (Å²) in [5, 5.41) is 11.2. The summed E-state index contributed by atoms with van der Waals surface area (Å²) in [7, 11) is 4.41. The van der Waals surface area contributed by atoms with Crippen LogP contribution in [0.2, 0.25) is 0 Å². The molecule has 0 radical (unpaired) electrons. The van der Waals surface area contributed by atoms with Gasteiger partial charge in [-0.3, -0.25) is 4.68 Å². The van der Waals surface area contributed by atoms with E-state index in [1.165, 1.54) is 20.3 Å². The summed E-state index contributed by atoms with van der Waals surface area (Å²) in [5.74, 6) is -1.35. The van der Waals surface area contributed by atoms with Crippen LogP contribution in [-0.4, -0.2) is 58.2 Å². The molecule has 0 saturated carbocycles. The van der Waals surface area contributed by atoms with Crippen molar-refractivity contribution in [3.63, 3.8) is 0 Å². The van der Waals surface area contributed by atoms with Crippen LogP contribution in [-0.2, 0) is 18.3 Å². The van der Waals surface area contributed by atoms with E-state index in [4.69, 9.17) is 14.2 Å². The third-order valence-electron chi connectivity index (χ3n) is 5.88. The zero-order valence-electron chi connectivity index (χ0n) is 20.0. The molecule has 1 fully saturated rings. The maximum absolute atomic E-state index is 15.3. The van der Waals surface area contributed by atoms with Crippen molar-refractivity contribution in [3.05, 3.63) is 47.9 Å². The molecule has 1 aromatic carbocycles. The lowest BCUT2D eigenvalue weighted by molar-refractivity contribution is 0.195. The molecule has 12 heteroatoms. The lowest BCUT2D eigenvalue weighted by Gasteiger charge is -2.16. The van der Waals surface area contributed by atoms with Crippen molar-refractivity contribution < 1.29 is 23.0 Å². The van der Waals surface area contributed by atoms with Crippen LogP contribution in [0, 0.1) is 11.6 Å². The van der Waals surface area contributed by atoms with Gasteiger partial charge < -0.3 is 24.8 Å². The van der Waals surface area contributed by atoms with E-state index >= 15 is 8.78 Å². The van der Waals surface area contributed by atoms with Crippen molar-refractivity contribution in [3.8, 4) is 22.8 Å². The normalized spacial score (nSPS) is 15.3. The molecule has 0 aliphatic carbocycles. The van der Waals surface area contributed by atoms with Gasteiger partial charge in [-0.05, 0) is 12.5 Å². The first-order valence-corrected chi connectivity index (χ1v) is 11.3. The Balaban J connectivity index is 1.62. The van der Waals surface area contributed by atoms with Crippen LogP contribution >= 0.6 is 0 Å². The van der Waals surface area contributed by atoms with Crippen molar-refractivity contribution in [1.82, 2.24) is 24.7 Å². The monoisotopic (exact) mass is 497 g/mol. The standard InChI is InChI=1S/C24H25F2N7O3/c1-33-11-13(9-29-33)8-27-23-22-14(10-28-24(32-22)30-15-4-5-36-12-15)6-16(31-23)19-20(25)17(34-2)7-18(35-3)21(19)26/h6-7,9-11,15H,4-5,8,12H2,1-3H3,(H,27,31)(H,28,30,32). The van der Waals surface area contributed by atoms with Crippen molar-refractivity contribution in [2.45, 2.75) is 19.0 Å². The summed E-state index contributed by atoms with van der Waals surface area (Å²) in [4.78, 5) is 13.6. The fourth-order valence-electron chi connectivity index (χ4n) is 4.05. The minimum absolute atomic E-state index is 0.0388. The number of benzene rings is 1. The van der Waals surface area contributed by atoms with Crippen molar-refractivity contribution in [1.29, 1.82) is 0 Å². The van der Waals surface area contributed by atoms with E-state index in [9.17, 15) is 0 Å². The van der Waals surface area contributed by atoms with Gasteiger partial charge in [0.05, 0.1) is 44.3 Å². The quantitative estimate of drug-likeness (QED) is 0.378. The molecule has 2 N–H and O–H groups in total. The Bertz CT molecular complexity index is 1380. The van der Waals surface area contributed by atoms with Gasteiger partial charge in [0.1, 0.15) is 5.52 Å². The predicted octanol–water partition coefficient (Wildman–Crippen LogP) is 3.53. The number of halogens is 2. The van der Waals surface area contributed by atoms with Gasteiger partial charge in [0.25, 0.3) is 0 Å². The molecule has 36 heavy (non-hydrogen) atoms. The van der Waals surface area contributed by atoms with Crippen molar-refractivity contribution in [2.24, 2.45) is 7.05 Å². The molecule has 4 aromatic rings. The second-order valence-electron chi connectivity index (χ2n) is 8.35. The molecule has 10 nitrogen and oxygen atoms in total. The van der Waals surface area contributed by atoms with Gasteiger partial charge in [0.2, 0.25) is 5.95 Å². The van der Waals surface area contributed by atoms with E-state index in [0.717, 1.165) is 18.1 Å². The SMILES string of the molecule is COc1cc(OC)c(F)c(-c2cc3cnc(NC4CCOC4)nc3c(NCc3cnn(C)c3)n2)c1F. The smallest absolute Gasteiger partial charge is 0.223 e. The largest absolute Gasteiger partial charge is 0.494 e. The second-order valence-corrected chi connectivity index (χ2v) is 8.35. The van der Waals surface area contributed by atoms with E-state index < -0.39 is 11.6 Å². The Labute approximate surface area is 205 Å². The molecular weight excluding hydrogens is 472 g/mol. The number of nitrogens with one attached hydrogen (secondary N) is 2. The molecule has 1 atom stereocenters. The number of pyridine rings is 1. The Morgan fingerprint density at radius 3 is 2.53 bits per heavy atom. The molecule has 1 unspecified atom stereocenters. The summed E-state index contributed by atoms with van der Waals surface area (Å²) in [6, 6.07) is 2.80. The summed E-state index contributed by atoms with van der Waals surface area (Å²) in [6.45, 7) is 1.62. The average molecular weight is 498 g/mol. The number of hydrogen-bond acceptors (Lipinski definition) is 9. The molecule has 5 rings (SSSR count). The molecular formula is C24H25F2N7O3. The number of anilines is 2. The highest BCUT2D eigenvalue weighted by Crippen LogP contribution is 2.38. The Morgan fingerprint density at radius 2 is 1.89 bits per heavy atom. The number of aromatic nitrogens is 5. The zero-order chi connectivity index (χ0) is 25.2. The van der Waals surface area contributed by atoms with Gasteiger partial charge in [-0.1, -0.05) is 0 Å². The minimum Gasteiger partial charge on any atom is -0.494 e. The minimum atomic E-state index is -0.888. The van der Waals surface area contributed by atoms with E-state index in [1.54, 1.807) is 17.1 Å². The maximum Gasteiger partial charge on any atom is 0.223 e. The topological polar surface area (TPSA) is 108 Å². The first-order chi connectivity index (χ1) is 17.5. The molecule has 0 spiro atoms. The molecule has 3 aromatic heterocycles. The van der Waals surface area contributed by atoms with Gasteiger partial charge >= 0.3 is 0 Å². The highest BCUT2D eigenvalue weighted by atomic mass is 19.1. The number of aryl methyl sites for hydroxylation is 1. The third-order valence-corrected chi connectivity index (χ3v) is 5.88. The number of rotatable bonds is 8. The molecule has 188 valence electrons. The van der Waals surface area contributed by atoms with Crippen LogP contribution in [0.1, 0.15) is 12.0 Å². The number of nitrogens with zero attached hydrogens (tertiary/aromatic N) is 5. The Hall–Kier alpha value is -4.06. The van der Waals surface area contributed by atoms with Gasteiger partial charge in [0, 0.05) is 49.6 Å². The zero-order valence-corrected chi connectivity index (χ0v) is 20.0. The predicted molar refractivity (Wildman–Crippen MR) is 129 cm³/mol. The highest BCUT2D eigenvalue weighted by Gasteiger charge is 2.24. The third kappa shape index (κ3) is 4.59. The molecule has 1 aliphatic rings. The summed E-state index contributed by atoms with van der Waals surface area (Å²) < 4.78 is 47.8. The highest BCUT2D eigenvalue weighted by molar-refractivity contribution is 5.92. The van der Waals surface area contributed by atoms with Crippen LogP contribution in [0.4, 0.5) is 20.5 Å². The first-order valence-electron chi connectivity index (χ1n) is 11.3. The van der Waals surface area contributed by atoms with Gasteiger partial charge in [0.15, 0.2) is 29.0 Å². The molecule has 0 amide bonds. The van der Waals surface area contributed by atoms with Crippen LogP contribution in [0.5, 0.6) is 11.5 Å². The molecule has 1 saturated heterocycles. The number of ether oxygens (including phenoxy) is 3. The molecule has 4 heterocycles. The lowest BCUT2D eigenvalue weighted by atomic mass is 10.1. The van der Waals surface area contributed by atoms with Crippen molar-refractivity contribution >= 4 is 22.7 Å². The Morgan fingerprint density at radius 1 is 1.11 bits per heavy atom. The van der Waals surface area contributed by atoms with Gasteiger partial charge in [-0.25, -0.2) is 23.7 Å². The maximum atomic E-state index is 15.3. The van der Waals surface area contributed by atoms with Crippen LogP contribution in [0.3, 0.4) is 0 Å². The fourth-order valence-corrected chi connectivity index (χ4v) is 4.05. The summed E-state index contributed by atoms with van der Waals surface area (Å²) in [5.41, 5.74) is 1.06. The van der Waals surface area contributed by atoms with E-state index in [-0.39, 0.29) is 28.8 Å². The molecule has 0 bridgehead atoms. The number of hydrogen-bond donors (Lipinski definition) is 2. The van der Waals surface area contributed by atoms with E-state index in [1.807, 2.05) is 13.2 Å². The molecule has 1 aliphatic heterocycles. The van der Waals surface area contributed by atoms with E-state index in [2.05, 4.69) is 30.7 Å². The lowest BCUT2D eigenvalue weighted by Crippen LogP contribution is -2.20. The second kappa shape index (κ2) is 9.90. The van der Waals surface area contributed by atoms with E-state index in [0.29, 0.717) is 42.4 Å². The average Bonchev–Trinajstić information content (AvgIpc) is 3.54. The van der Waals surface area contributed by atoms with Crippen molar-refractivity contribution in [2.75, 3.05) is 38.1 Å². The van der Waals surface area contributed by atoms with Crippen LogP contribution in [0.15, 0.2) is 30.7 Å². The summed E-state index contributed by atoms with van der Waals surface area (Å²) >= 11 is 0. The van der Waals surface area contributed by atoms with Crippen LogP contribution < -0.4 is 20.1 Å². The fraction of sp³-hybridized carbons (Fsp3) is 0.333. The number of methoxy groups -OCH3 is 2. The Kier molecular flexibility index (Phi) is 6.51. The first kappa shape index (κ1) is 23.7. The number of fused-ring (bicyclic) bond motifs is 1. The summed E-state index contributed by atoms with van der Waals surface area (Å²) in [6.07, 6.45) is 6.01. The van der Waals surface area contributed by atoms with Crippen LogP contribution in [0.25, 0.3) is 22.2 Å². The van der Waals surface area contributed by atoms with Gasteiger partial charge in [-0.2, -0.15) is 5.10 Å². The van der Waals surface area contributed by atoms with Gasteiger partial charge in [-0.15, -0.1) is 0 Å².